The predicted molar refractivity (Wildman–Crippen MR) is 74.6 cm³/mol. The fraction of sp³-hybridized carbons (Fsp3) is 0.400. The molecule has 0 saturated heterocycles. The molecule has 1 aromatic carbocycles. The van der Waals surface area contributed by atoms with Gasteiger partial charge in [0.2, 0.25) is 0 Å². The van der Waals surface area contributed by atoms with E-state index in [1.165, 1.54) is 16.5 Å². The van der Waals surface area contributed by atoms with Gasteiger partial charge in [-0.1, -0.05) is 32.0 Å². The van der Waals surface area contributed by atoms with Crippen molar-refractivity contribution < 1.29 is 0 Å². The molecule has 0 aliphatic heterocycles. The number of pyridine rings is 1. The van der Waals surface area contributed by atoms with Crippen LogP contribution in [0.5, 0.6) is 0 Å². The van der Waals surface area contributed by atoms with E-state index in [0.29, 0.717) is 0 Å². The smallest absolute Gasteiger partial charge is 0.129 e. The Labute approximate surface area is 103 Å². The van der Waals surface area contributed by atoms with E-state index in [-0.39, 0.29) is 0 Å². The minimum absolute atomic E-state index is 0.984. The Morgan fingerprint density at radius 2 is 2.06 bits per heavy atom. The van der Waals surface area contributed by atoms with Crippen LogP contribution in [0.15, 0.2) is 24.3 Å². The highest BCUT2D eigenvalue weighted by Crippen LogP contribution is 2.23. The van der Waals surface area contributed by atoms with E-state index >= 15 is 0 Å². The van der Waals surface area contributed by atoms with Crippen LogP contribution in [0, 0.1) is 6.92 Å². The molecule has 0 radical (unpaired) electrons. The summed E-state index contributed by atoms with van der Waals surface area (Å²) in [6.07, 6.45) is 2.14. The summed E-state index contributed by atoms with van der Waals surface area (Å²) in [7, 11) is 0. The van der Waals surface area contributed by atoms with E-state index < -0.39 is 0 Å². The van der Waals surface area contributed by atoms with Crippen molar-refractivity contribution in [1.82, 2.24) is 4.98 Å². The first-order valence-corrected chi connectivity index (χ1v) is 6.39. The molecular weight excluding hydrogens is 208 g/mol. The van der Waals surface area contributed by atoms with E-state index in [1.54, 1.807) is 0 Å². The van der Waals surface area contributed by atoms with Gasteiger partial charge in [0.25, 0.3) is 0 Å². The van der Waals surface area contributed by atoms with Crippen molar-refractivity contribution in [2.75, 3.05) is 11.9 Å². The molecule has 2 nitrogen and oxygen atoms in total. The third-order valence-corrected chi connectivity index (χ3v) is 3.05. The van der Waals surface area contributed by atoms with Crippen LogP contribution < -0.4 is 5.32 Å². The molecule has 1 N–H and O–H groups in total. The molecule has 17 heavy (non-hydrogen) atoms. The summed E-state index contributed by atoms with van der Waals surface area (Å²) in [5.41, 5.74) is 3.66. The molecule has 0 atom stereocenters. The lowest BCUT2D eigenvalue weighted by Crippen LogP contribution is -2.05. The summed E-state index contributed by atoms with van der Waals surface area (Å²) in [5, 5.41) is 4.66. The number of para-hydroxylation sites is 1. The summed E-state index contributed by atoms with van der Waals surface area (Å²) in [6.45, 7) is 7.45. The highest BCUT2D eigenvalue weighted by molar-refractivity contribution is 5.84. The highest BCUT2D eigenvalue weighted by Gasteiger charge is 2.06. The van der Waals surface area contributed by atoms with E-state index in [0.717, 1.165) is 30.7 Å². The molecule has 0 spiro atoms. The van der Waals surface area contributed by atoms with Crippen LogP contribution in [0.25, 0.3) is 10.9 Å². The van der Waals surface area contributed by atoms with Crippen LogP contribution in [-0.4, -0.2) is 11.5 Å². The molecule has 2 aromatic rings. The molecule has 0 bridgehead atoms. The first-order chi connectivity index (χ1) is 8.26. The molecule has 0 aliphatic rings. The topological polar surface area (TPSA) is 24.9 Å². The number of benzene rings is 1. The Balaban J connectivity index is 2.53. The minimum atomic E-state index is 0.984. The summed E-state index contributed by atoms with van der Waals surface area (Å²) in [6, 6.07) is 8.61. The van der Waals surface area contributed by atoms with Gasteiger partial charge in [0, 0.05) is 11.9 Å². The number of aromatic nitrogens is 1. The molecule has 0 amide bonds. The summed E-state index contributed by atoms with van der Waals surface area (Å²) < 4.78 is 0. The number of fused-ring (bicyclic) bond motifs is 1. The maximum Gasteiger partial charge on any atom is 0.129 e. The molecule has 0 fully saturated rings. The number of anilines is 1. The van der Waals surface area contributed by atoms with Crippen molar-refractivity contribution in [1.29, 1.82) is 0 Å². The molecule has 90 valence electrons. The predicted octanol–water partition coefficient (Wildman–Crippen LogP) is 3.93. The molecule has 1 heterocycles. The van der Waals surface area contributed by atoms with Crippen LogP contribution >= 0.6 is 0 Å². The van der Waals surface area contributed by atoms with Gasteiger partial charge in [-0.3, -0.25) is 0 Å². The van der Waals surface area contributed by atoms with Gasteiger partial charge >= 0.3 is 0 Å². The van der Waals surface area contributed by atoms with Crippen molar-refractivity contribution in [2.24, 2.45) is 0 Å². The Morgan fingerprint density at radius 3 is 2.76 bits per heavy atom. The van der Waals surface area contributed by atoms with Gasteiger partial charge in [0.05, 0.1) is 5.52 Å². The second-order valence-corrected chi connectivity index (χ2v) is 4.42. The molecular formula is C15H20N2. The third kappa shape index (κ3) is 2.41. The van der Waals surface area contributed by atoms with Crippen molar-refractivity contribution in [3.63, 3.8) is 0 Å². The Morgan fingerprint density at radius 1 is 1.24 bits per heavy atom. The normalized spacial score (nSPS) is 10.8. The van der Waals surface area contributed by atoms with Crippen molar-refractivity contribution in [3.05, 3.63) is 35.4 Å². The fourth-order valence-electron chi connectivity index (χ4n) is 2.06. The number of hydrogen-bond donors (Lipinski definition) is 1. The van der Waals surface area contributed by atoms with Gasteiger partial charge in [-0.05, 0) is 37.0 Å². The average Bonchev–Trinajstić information content (AvgIpc) is 2.36. The van der Waals surface area contributed by atoms with Gasteiger partial charge in [0.1, 0.15) is 5.82 Å². The second kappa shape index (κ2) is 5.17. The Hall–Kier alpha value is -1.57. The second-order valence-electron chi connectivity index (χ2n) is 4.42. The first-order valence-electron chi connectivity index (χ1n) is 6.39. The molecule has 1 aromatic heterocycles. The van der Waals surface area contributed by atoms with Crippen LogP contribution in [-0.2, 0) is 6.42 Å². The van der Waals surface area contributed by atoms with Crippen LogP contribution in [0.1, 0.15) is 31.4 Å². The number of hydrogen-bond acceptors (Lipinski definition) is 2. The molecule has 0 aliphatic carbocycles. The maximum atomic E-state index is 4.77. The van der Waals surface area contributed by atoms with Gasteiger partial charge in [-0.25, -0.2) is 4.98 Å². The summed E-state index contributed by atoms with van der Waals surface area (Å²) in [5.74, 6) is 1.05. The zero-order valence-corrected chi connectivity index (χ0v) is 10.9. The third-order valence-electron chi connectivity index (χ3n) is 3.05. The van der Waals surface area contributed by atoms with E-state index in [1.807, 2.05) is 0 Å². The number of rotatable bonds is 4. The zero-order chi connectivity index (χ0) is 12.3. The molecule has 2 heteroatoms. The summed E-state index contributed by atoms with van der Waals surface area (Å²) >= 11 is 0. The standard InChI is InChI=1S/C15H20N2/c1-4-9-16-15-12(5-2)10-13-8-6-7-11(3)14(13)17-15/h6-8,10H,4-5,9H2,1-3H3,(H,16,17). The lowest BCUT2D eigenvalue weighted by atomic mass is 10.1. The molecule has 0 saturated carbocycles. The van der Waals surface area contributed by atoms with Crippen molar-refractivity contribution in [3.8, 4) is 0 Å². The number of nitrogens with zero attached hydrogens (tertiary/aromatic N) is 1. The zero-order valence-electron chi connectivity index (χ0n) is 10.9. The highest BCUT2D eigenvalue weighted by atomic mass is 15.0. The van der Waals surface area contributed by atoms with Gasteiger partial charge in [0.15, 0.2) is 0 Å². The fourth-order valence-corrected chi connectivity index (χ4v) is 2.06. The Kier molecular flexibility index (Phi) is 3.62. The van der Waals surface area contributed by atoms with Crippen LogP contribution in [0.2, 0.25) is 0 Å². The van der Waals surface area contributed by atoms with Gasteiger partial charge in [-0.2, -0.15) is 0 Å². The molecule has 0 unspecified atom stereocenters. The Bertz CT molecular complexity index is 518. The first kappa shape index (κ1) is 11.9. The van der Waals surface area contributed by atoms with E-state index in [2.05, 4.69) is 50.4 Å². The van der Waals surface area contributed by atoms with Gasteiger partial charge in [-0.15, -0.1) is 0 Å². The van der Waals surface area contributed by atoms with Crippen LogP contribution in [0.3, 0.4) is 0 Å². The SMILES string of the molecule is CCCNc1nc2c(C)cccc2cc1CC. The van der Waals surface area contributed by atoms with E-state index in [9.17, 15) is 0 Å². The monoisotopic (exact) mass is 228 g/mol. The van der Waals surface area contributed by atoms with E-state index in [4.69, 9.17) is 4.98 Å². The lowest BCUT2D eigenvalue weighted by molar-refractivity contribution is 0.961. The molecule has 2 rings (SSSR count). The maximum absolute atomic E-state index is 4.77. The minimum Gasteiger partial charge on any atom is -0.370 e. The lowest BCUT2D eigenvalue weighted by Gasteiger charge is -2.11. The number of aryl methyl sites for hydroxylation is 2. The van der Waals surface area contributed by atoms with Crippen LogP contribution in [0.4, 0.5) is 5.82 Å². The number of nitrogens with one attached hydrogen (secondary N) is 1. The van der Waals surface area contributed by atoms with Gasteiger partial charge < -0.3 is 5.32 Å². The average molecular weight is 228 g/mol. The largest absolute Gasteiger partial charge is 0.370 e. The van der Waals surface area contributed by atoms with Crippen molar-refractivity contribution >= 4 is 16.7 Å². The summed E-state index contributed by atoms with van der Waals surface area (Å²) in [4.78, 5) is 4.77. The quantitative estimate of drug-likeness (QED) is 0.857. The van der Waals surface area contributed by atoms with Crippen molar-refractivity contribution in [2.45, 2.75) is 33.6 Å².